The van der Waals surface area contributed by atoms with Crippen molar-refractivity contribution in [1.29, 1.82) is 0 Å². The molecule has 0 atom stereocenters. The highest BCUT2D eigenvalue weighted by Gasteiger charge is 2.12. The van der Waals surface area contributed by atoms with Crippen molar-refractivity contribution in [2.24, 2.45) is 0 Å². The Morgan fingerprint density at radius 1 is 0.703 bits per heavy atom. The molecule has 0 unspecified atom stereocenters. The van der Waals surface area contributed by atoms with E-state index < -0.39 is 5.97 Å². The van der Waals surface area contributed by atoms with Crippen LogP contribution in [0, 0.1) is 5.82 Å². The summed E-state index contributed by atoms with van der Waals surface area (Å²) in [4.78, 5) is 24.5. The number of carbonyl (C=O) groups is 2. The number of fused-ring (bicyclic) bond motifs is 1. The van der Waals surface area contributed by atoms with Crippen LogP contribution in [0.15, 0.2) is 109 Å². The van der Waals surface area contributed by atoms with Gasteiger partial charge >= 0.3 is 5.97 Å². The number of halogens is 1. The highest BCUT2D eigenvalue weighted by molar-refractivity contribution is 6.06. The van der Waals surface area contributed by atoms with Crippen LogP contribution in [0.25, 0.3) is 21.9 Å². The Kier molecular flexibility index (Phi) is 6.77. The molecule has 0 heterocycles. The number of carboxylic acid groups (broad SMARTS) is 1. The zero-order chi connectivity index (χ0) is 25.8. The lowest BCUT2D eigenvalue weighted by Crippen LogP contribution is -2.11. The van der Waals surface area contributed by atoms with E-state index in [-0.39, 0.29) is 17.3 Å². The van der Waals surface area contributed by atoms with Crippen LogP contribution in [0.2, 0.25) is 0 Å². The van der Waals surface area contributed by atoms with Crippen molar-refractivity contribution in [1.82, 2.24) is 0 Å². The molecule has 0 saturated carbocycles. The lowest BCUT2D eigenvalue weighted by atomic mass is 9.95. The highest BCUT2D eigenvalue weighted by Crippen LogP contribution is 2.25. The summed E-state index contributed by atoms with van der Waals surface area (Å²) in [5.41, 5.74) is 4.93. The topological polar surface area (TPSA) is 66.4 Å². The molecule has 0 radical (unpaired) electrons. The Bertz CT molecular complexity index is 1590. The number of hydrogen-bond donors (Lipinski definition) is 2. The molecule has 37 heavy (non-hydrogen) atoms. The summed E-state index contributed by atoms with van der Waals surface area (Å²) in [5, 5.41) is 14.7. The van der Waals surface area contributed by atoms with Crippen LogP contribution in [-0.2, 0) is 12.8 Å². The minimum Gasteiger partial charge on any atom is -0.478 e. The Labute approximate surface area is 214 Å². The van der Waals surface area contributed by atoms with Crippen LogP contribution in [-0.4, -0.2) is 17.0 Å². The van der Waals surface area contributed by atoms with Gasteiger partial charge in [0.25, 0.3) is 5.91 Å². The molecule has 0 fully saturated rings. The van der Waals surface area contributed by atoms with Crippen molar-refractivity contribution in [2.75, 3.05) is 5.32 Å². The molecule has 5 rings (SSSR count). The highest BCUT2D eigenvalue weighted by atomic mass is 19.1. The van der Waals surface area contributed by atoms with Crippen LogP contribution >= 0.6 is 0 Å². The molecular formula is C32H24FNO3. The van der Waals surface area contributed by atoms with E-state index >= 15 is 0 Å². The largest absolute Gasteiger partial charge is 0.478 e. The maximum absolute atomic E-state index is 13.3. The first-order valence-corrected chi connectivity index (χ1v) is 12.0. The van der Waals surface area contributed by atoms with E-state index in [0.717, 1.165) is 27.5 Å². The Morgan fingerprint density at radius 3 is 2.14 bits per heavy atom. The van der Waals surface area contributed by atoms with Crippen molar-refractivity contribution in [3.63, 3.8) is 0 Å². The molecule has 0 aliphatic rings. The molecule has 0 aliphatic carbocycles. The summed E-state index contributed by atoms with van der Waals surface area (Å²) in [6.07, 6.45) is 1.16. The van der Waals surface area contributed by atoms with Gasteiger partial charge < -0.3 is 10.4 Å². The van der Waals surface area contributed by atoms with Gasteiger partial charge in [0.2, 0.25) is 0 Å². The monoisotopic (exact) mass is 489 g/mol. The maximum atomic E-state index is 13.3. The quantitative estimate of drug-likeness (QED) is 0.251. The molecule has 5 aromatic rings. The minimum absolute atomic E-state index is 0.179. The van der Waals surface area contributed by atoms with Gasteiger partial charge in [0.15, 0.2) is 0 Å². The van der Waals surface area contributed by atoms with Crippen molar-refractivity contribution < 1.29 is 19.1 Å². The number of carboxylic acids is 1. The number of anilines is 1. The molecule has 2 N–H and O–H groups in total. The molecule has 5 heteroatoms. The first-order valence-electron chi connectivity index (χ1n) is 12.0. The van der Waals surface area contributed by atoms with E-state index in [1.54, 1.807) is 24.3 Å². The second-order valence-electron chi connectivity index (χ2n) is 8.90. The van der Waals surface area contributed by atoms with Crippen LogP contribution in [0.4, 0.5) is 10.1 Å². The molecule has 1 amide bonds. The Balaban J connectivity index is 1.27. The van der Waals surface area contributed by atoms with E-state index in [1.807, 2.05) is 72.8 Å². The fourth-order valence-corrected chi connectivity index (χ4v) is 4.40. The van der Waals surface area contributed by atoms with Gasteiger partial charge in [-0.3, -0.25) is 4.79 Å². The molecule has 0 bridgehead atoms. The SMILES string of the molecule is O=C(Nc1ccc(CCc2cc(-c3ccc(F)cc3)ccc2C(=O)O)cc1)c1ccc2ccccc2c1. The summed E-state index contributed by atoms with van der Waals surface area (Å²) < 4.78 is 13.3. The van der Waals surface area contributed by atoms with E-state index in [1.165, 1.54) is 12.1 Å². The number of nitrogens with one attached hydrogen (secondary N) is 1. The van der Waals surface area contributed by atoms with Crippen molar-refractivity contribution >= 4 is 28.3 Å². The average Bonchev–Trinajstić information content (AvgIpc) is 2.92. The Hall–Kier alpha value is -4.77. The summed E-state index contributed by atoms with van der Waals surface area (Å²) in [7, 11) is 0. The fraction of sp³-hybridized carbons (Fsp3) is 0.0625. The molecule has 0 spiro atoms. The fourth-order valence-electron chi connectivity index (χ4n) is 4.40. The lowest BCUT2D eigenvalue weighted by Gasteiger charge is -2.11. The van der Waals surface area contributed by atoms with Crippen LogP contribution in [0.3, 0.4) is 0 Å². The second kappa shape index (κ2) is 10.5. The Morgan fingerprint density at radius 2 is 1.41 bits per heavy atom. The minimum atomic E-state index is -0.979. The number of hydrogen-bond acceptors (Lipinski definition) is 2. The van der Waals surface area contributed by atoms with Crippen molar-refractivity contribution in [3.05, 3.63) is 137 Å². The number of carbonyl (C=O) groups excluding carboxylic acids is 1. The van der Waals surface area contributed by atoms with Crippen LogP contribution < -0.4 is 5.32 Å². The maximum Gasteiger partial charge on any atom is 0.335 e. The molecule has 0 aliphatic heterocycles. The number of aromatic carboxylic acids is 1. The van der Waals surface area contributed by atoms with Crippen LogP contribution in [0.5, 0.6) is 0 Å². The average molecular weight is 490 g/mol. The van der Waals surface area contributed by atoms with Gasteiger partial charge in [0, 0.05) is 11.3 Å². The number of rotatable bonds is 7. The number of amides is 1. The van der Waals surface area contributed by atoms with Crippen LogP contribution in [0.1, 0.15) is 31.8 Å². The van der Waals surface area contributed by atoms with E-state index in [0.29, 0.717) is 29.7 Å². The third-order valence-corrected chi connectivity index (χ3v) is 6.42. The number of benzene rings is 5. The molecule has 182 valence electrons. The number of aryl methyl sites for hydroxylation is 2. The summed E-state index contributed by atoms with van der Waals surface area (Å²) in [5.74, 6) is -1.47. The first kappa shape index (κ1) is 23.9. The third kappa shape index (κ3) is 5.57. The van der Waals surface area contributed by atoms with E-state index in [9.17, 15) is 19.1 Å². The smallest absolute Gasteiger partial charge is 0.335 e. The normalized spacial score (nSPS) is 10.8. The second-order valence-corrected chi connectivity index (χ2v) is 8.90. The van der Waals surface area contributed by atoms with Gasteiger partial charge in [0.1, 0.15) is 5.82 Å². The van der Waals surface area contributed by atoms with E-state index in [2.05, 4.69) is 5.32 Å². The molecule has 5 aromatic carbocycles. The van der Waals surface area contributed by atoms with Gasteiger partial charge in [-0.15, -0.1) is 0 Å². The van der Waals surface area contributed by atoms with Gasteiger partial charge in [-0.25, -0.2) is 9.18 Å². The first-order chi connectivity index (χ1) is 18.0. The standard InChI is InChI=1S/C32H24FNO3/c33-28-14-11-23(12-15-28)25-13-18-30(32(36)37)26(19-25)8-5-21-6-16-29(17-7-21)34-31(35)27-10-9-22-3-1-2-4-24(22)20-27/h1-4,6-7,9-20H,5,8H2,(H,34,35)(H,36,37). The molecule has 0 aromatic heterocycles. The summed E-state index contributed by atoms with van der Waals surface area (Å²) in [6, 6.07) is 32.4. The predicted octanol–water partition coefficient (Wildman–Crippen LogP) is 7.38. The summed E-state index contributed by atoms with van der Waals surface area (Å²) in [6.45, 7) is 0. The molecule has 0 saturated heterocycles. The van der Waals surface area contributed by atoms with Crippen molar-refractivity contribution in [2.45, 2.75) is 12.8 Å². The van der Waals surface area contributed by atoms with Crippen molar-refractivity contribution in [3.8, 4) is 11.1 Å². The summed E-state index contributed by atoms with van der Waals surface area (Å²) >= 11 is 0. The van der Waals surface area contributed by atoms with Gasteiger partial charge in [0.05, 0.1) is 5.56 Å². The molecule has 4 nitrogen and oxygen atoms in total. The zero-order valence-electron chi connectivity index (χ0n) is 19.9. The van der Waals surface area contributed by atoms with Gasteiger partial charge in [-0.1, -0.05) is 66.7 Å². The third-order valence-electron chi connectivity index (χ3n) is 6.42. The lowest BCUT2D eigenvalue weighted by molar-refractivity contribution is 0.0695. The van der Waals surface area contributed by atoms with E-state index in [4.69, 9.17) is 0 Å². The van der Waals surface area contributed by atoms with Gasteiger partial charge in [-0.05, 0) is 88.3 Å². The molecular weight excluding hydrogens is 465 g/mol. The predicted molar refractivity (Wildman–Crippen MR) is 145 cm³/mol. The van der Waals surface area contributed by atoms with Gasteiger partial charge in [-0.2, -0.15) is 0 Å². The zero-order valence-corrected chi connectivity index (χ0v) is 19.9.